The molecule has 1 aliphatic heterocycles. The highest BCUT2D eigenvalue weighted by Crippen LogP contribution is 2.32. The molecular weight excluding hydrogens is 312 g/mol. The van der Waals surface area contributed by atoms with Crippen LogP contribution in [0.4, 0.5) is 0 Å². The van der Waals surface area contributed by atoms with Crippen LogP contribution in [-0.4, -0.2) is 29.8 Å². The Hall–Kier alpha value is -1.63. The second-order valence-electron chi connectivity index (χ2n) is 4.80. The molecule has 1 N–H and O–H groups in total. The fourth-order valence-electron chi connectivity index (χ4n) is 2.33. The van der Waals surface area contributed by atoms with Crippen molar-refractivity contribution in [2.75, 3.05) is 7.05 Å². The first kappa shape index (κ1) is 14.3. The van der Waals surface area contributed by atoms with Gasteiger partial charge < -0.3 is 4.42 Å². The van der Waals surface area contributed by atoms with E-state index in [0.29, 0.717) is 10.1 Å². The van der Waals surface area contributed by atoms with Gasteiger partial charge in [0.2, 0.25) is 11.8 Å². The Balaban J connectivity index is 1.87. The monoisotopic (exact) mass is 324 g/mol. The fourth-order valence-corrected chi connectivity index (χ4v) is 3.46. The molecule has 0 aliphatic carbocycles. The average Bonchev–Trinajstić information content (AvgIpc) is 3.16. The zero-order chi connectivity index (χ0) is 15.0. The highest BCUT2D eigenvalue weighted by molar-refractivity contribution is 7.16. The summed E-state index contributed by atoms with van der Waals surface area (Å²) in [7, 11) is 1.50. The first-order valence-electron chi connectivity index (χ1n) is 6.41. The summed E-state index contributed by atoms with van der Waals surface area (Å²) in [6, 6.07) is 6.46. The summed E-state index contributed by atoms with van der Waals surface area (Å²) in [6.07, 6.45) is 1.73. The average molecular weight is 325 g/mol. The summed E-state index contributed by atoms with van der Waals surface area (Å²) in [4.78, 5) is 25.8. The van der Waals surface area contributed by atoms with Gasteiger partial charge in [-0.15, -0.1) is 11.3 Å². The van der Waals surface area contributed by atoms with E-state index in [1.165, 1.54) is 18.4 Å². The van der Waals surface area contributed by atoms with E-state index >= 15 is 0 Å². The maximum atomic E-state index is 12.0. The van der Waals surface area contributed by atoms with Gasteiger partial charge in [0, 0.05) is 11.9 Å². The molecule has 2 aromatic heterocycles. The van der Waals surface area contributed by atoms with E-state index in [4.69, 9.17) is 16.0 Å². The van der Waals surface area contributed by atoms with Gasteiger partial charge in [-0.25, -0.2) is 0 Å². The highest BCUT2D eigenvalue weighted by Gasteiger charge is 2.38. The molecule has 5 nitrogen and oxygen atoms in total. The number of nitrogens with one attached hydrogen (secondary N) is 1. The van der Waals surface area contributed by atoms with Crippen molar-refractivity contribution in [2.24, 2.45) is 0 Å². The number of carbonyl (C=O) groups is 2. The molecule has 2 amide bonds. The van der Waals surface area contributed by atoms with Crippen molar-refractivity contribution in [3.8, 4) is 0 Å². The van der Waals surface area contributed by atoms with E-state index in [0.717, 1.165) is 9.78 Å². The number of thiophene rings is 1. The summed E-state index contributed by atoms with van der Waals surface area (Å²) >= 11 is 7.40. The normalized spacial score (nSPS) is 20.3. The number of likely N-dealkylation sites (tertiary alicyclic amines) is 1. The summed E-state index contributed by atoms with van der Waals surface area (Å²) in [5.41, 5.74) is 0. The Kier molecular flexibility index (Phi) is 3.84. The second-order valence-corrected chi connectivity index (χ2v) is 6.55. The van der Waals surface area contributed by atoms with Crippen LogP contribution in [0.1, 0.15) is 23.1 Å². The minimum absolute atomic E-state index is 0.158. The molecule has 0 radical (unpaired) electrons. The van der Waals surface area contributed by atoms with E-state index in [2.05, 4.69) is 5.32 Å². The third-order valence-corrected chi connectivity index (χ3v) is 4.75. The van der Waals surface area contributed by atoms with Crippen molar-refractivity contribution in [2.45, 2.75) is 18.5 Å². The largest absolute Gasteiger partial charge is 0.467 e. The van der Waals surface area contributed by atoms with E-state index in [9.17, 15) is 9.59 Å². The maximum absolute atomic E-state index is 12.0. The van der Waals surface area contributed by atoms with Crippen LogP contribution >= 0.6 is 22.9 Å². The lowest BCUT2D eigenvalue weighted by molar-refractivity contribution is -0.137. The number of imide groups is 1. The van der Waals surface area contributed by atoms with E-state index in [1.54, 1.807) is 18.4 Å². The number of halogens is 1. The molecule has 0 aromatic carbocycles. The van der Waals surface area contributed by atoms with Gasteiger partial charge in [0.25, 0.3) is 0 Å². The molecule has 7 heteroatoms. The SMILES string of the molecule is CN1C(=O)CC(NC(c2ccco2)c2ccc(Cl)s2)C1=O. The number of likely N-dealkylation sites (N-methyl/N-ethyl adjacent to an activating group) is 1. The van der Waals surface area contributed by atoms with E-state index in [-0.39, 0.29) is 24.3 Å². The molecule has 3 rings (SSSR count). The summed E-state index contributed by atoms with van der Waals surface area (Å²) in [5.74, 6) is 0.280. The number of nitrogens with zero attached hydrogens (tertiary/aromatic N) is 1. The van der Waals surface area contributed by atoms with Gasteiger partial charge in [-0.05, 0) is 24.3 Å². The van der Waals surface area contributed by atoms with Gasteiger partial charge >= 0.3 is 0 Å². The standard InChI is InChI=1S/C14H13ClN2O3S/c1-17-12(18)7-8(14(17)19)16-13(9-3-2-6-20-9)10-4-5-11(15)21-10/h2-6,8,13,16H,7H2,1H3. The molecule has 0 spiro atoms. The van der Waals surface area contributed by atoms with Crippen LogP contribution in [0.2, 0.25) is 4.34 Å². The fraction of sp³-hybridized carbons (Fsp3) is 0.286. The lowest BCUT2D eigenvalue weighted by Crippen LogP contribution is -2.39. The zero-order valence-corrected chi connectivity index (χ0v) is 12.8. The third-order valence-electron chi connectivity index (χ3n) is 3.46. The van der Waals surface area contributed by atoms with Gasteiger partial charge in [-0.3, -0.25) is 19.8 Å². The number of hydrogen-bond donors (Lipinski definition) is 1. The second kappa shape index (κ2) is 5.63. The van der Waals surface area contributed by atoms with Crippen LogP contribution in [-0.2, 0) is 9.59 Å². The van der Waals surface area contributed by atoms with Gasteiger partial charge in [-0.1, -0.05) is 11.6 Å². The molecule has 0 saturated carbocycles. The number of rotatable bonds is 4. The van der Waals surface area contributed by atoms with Crippen LogP contribution < -0.4 is 5.32 Å². The van der Waals surface area contributed by atoms with Crippen molar-refractivity contribution in [1.82, 2.24) is 10.2 Å². The molecule has 3 heterocycles. The van der Waals surface area contributed by atoms with Crippen LogP contribution in [0.25, 0.3) is 0 Å². The molecule has 2 aromatic rings. The topological polar surface area (TPSA) is 62.6 Å². The number of hydrogen-bond acceptors (Lipinski definition) is 5. The van der Waals surface area contributed by atoms with Crippen molar-refractivity contribution >= 4 is 34.8 Å². The maximum Gasteiger partial charge on any atom is 0.246 e. The Morgan fingerprint density at radius 3 is 2.76 bits per heavy atom. The van der Waals surface area contributed by atoms with Crippen molar-refractivity contribution in [3.05, 3.63) is 45.5 Å². The molecule has 1 fully saturated rings. The number of carbonyl (C=O) groups excluding carboxylic acids is 2. The Morgan fingerprint density at radius 1 is 1.43 bits per heavy atom. The van der Waals surface area contributed by atoms with Gasteiger partial charge in [-0.2, -0.15) is 0 Å². The van der Waals surface area contributed by atoms with E-state index < -0.39 is 6.04 Å². The first-order valence-corrected chi connectivity index (χ1v) is 7.61. The smallest absolute Gasteiger partial charge is 0.246 e. The van der Waals surface area contributed by atoms with Crippen LogP contribution in [0.3, 0.4) is 0 Å². The van der Waals surface area contributed by atoms with Crippen LogP contribution in [0, 0.1) is 0 Å². The lowest BCUT2D eigenvalue weighted by atomic mass is 10.1. The molecule has 110 valence electrons. The van der Waals surface area contributed by atoms with Gasteiger partial charge in [0.05, 0.1) is 23.1 Å². The van der Waals surface area contributed by atoms with Crippen LogP contribution in [0.5, 0.6) is 0 Å². The molecule has 21 heavy (non-hydrogen) atoms. The molecule has 1 aliphatic rings. The lowest BCUT2D eigenvalue weighted by Gasteiger charge is -2.19. The van der Waals surface area contributed by atoms with Crippen molar-refractivity contribution in [1.29, 1.82) is 0 Å². The molecule has 2 atom stereocenters. The predicted octanol–water partition coefficient (Wildman–Crippen LogP) is 2.43. The van der Waals surface area contributed by atoms with Crippen molar-refractivity contribution < 1.29 is 14.0 Å². The predicted molar refractivity (Wildman–Crippen MR) is 79.2 cm³/mol. The van der Waals surface area contributed by atoms with Gasteiger partial charge in [0.15, 0.2) is 0 Å². The highest BCUT2D eigenvalue weighted by atomic mass is 35.5. The number of amides is 2. The Bertz CT molecular complexity index is 668. The molecular formula is C14H13ClN2O3S. The minimum Gasteiger partial charge on any atom is -0.467 e. The Morgan fingerprint density at radius 2 is 2.24 bits per heavy atom. The minimum atomic E-state index is -0.543. The molecule has 1 saturated heterocycles. The quantitative estimate of drug-likeness (QED) is 0.877. The van der Waals surface area contributed by atoms with Gasteiger partial charge in [0.1, 0.15) is 11.8 Å². The van der Waals surface area contributed by atoms with Crippen LogP contribution in [0.15, 0.2) is 34.9 Å². The number of furan rings is 1. The summed E-state index contributed by atoms with van der Waals surface area (Å²) in [5, 5.41) is 3.20. The summed E-state index contributed by atoms with van der Waals surface area (Å²) in [6.45, 7) is 0. The first-order chi connectivity index (χ1) is 10.1. The summed E-state index contributed by atoms with van der Waals surface area (Å²) < 4.78 is 6.11. The van der Waals surface area contributed by atoms with E-state index in [1.807, 2.05) is 12.1 Å². The van der Waals surface area contributed by atoms with Crippen molar-refractivity contribution in [3.63, 3.8) is 0 Å². The molecule has 2 unspecified atom stereocenters. The molecule has 0 bridgehead atoms. The zero-order valence-electron chi connectivity index (χ0n) is 11.2. The third kappa shape index (κ3) is 2.74. The Labute approximate surface area is 130 Å².